The highest BCUT2D eigenvalue weighted by Gasteiger charge is 2.28. The van der Waals surface area contributed by atoms with Gasteiger partial charge in [-0.3, -0.25) is 11.3 Å². The Hall–Kier alpha value is -0.860. The van der Waals surface area contributed by atoms with Crippen LogP contribution in [0.25, 0.3) is 0 Å². The van der Waals surface area contributed by atoms with E-state index in [9.17, 15) is 0 Å². The third kappa shape index (κ3) is 3.49. The summed E-state index contributed by atoms with van der Waals surface area (Å²) in [5.74, 6) is 7.49. The van der Waals surface area contributed by atoms with Gasteiger partial charge >= 0.3 is 0 Å². The average molecular weight is 286 g/mol. The van der Waals surface area contributed by atoms with Gasteiger partial charge in [-0.05, 0) is 48.6 Å². The maximum absolute atomic E-state index is 6.00. The quantitative estimate of drug-likeness (QED) is 0.615. The van der Waals surface area contributed by atoms with Gasteiger partial charge < -0.3 is 0 Å². The summed E-state index contributed by atoms with van der Waals surface area (Å²) in [6.45, 7) is 0. The van der Waals surface area contributed by atoms with Gasteiger partial charge in [0, 0.05) is 6.04 Å². The number of nitrogens with one attached hydrogen (secondary N) is 1. The Morgan fingerprint density at radius 3 is 2.14 bits per heavy atom. The second kappa shape index (κ2) is 7.42. The second-order valence-corrected chi connectivity index (χ2v) is 7.01. The summed E-state index contributed by atoms with van der Waals surface area (Å²) >= 11 is 0. The molecule has 0 amide bonds. The van der Waals surface area contributed by atoms with Gasteiger partial charge in [0.1, 0.15) is 0 Å². The van der Waals surface area contributed by atoms with E-state index in [0.717, 1.165) is 5.92 Å². The lowest BCUT2D eigenvalue weighted by Gasteiger charge is -2.34. The molecule has 3 N–H and O–H groups in total. The highest BCUT2D eigenvalue weighted by atomic mass is 15.2. The van der Waals surface area contributed by atoms with Crippen molar-refractivity contribution >= 4 is 0 Å². The molecular weight excluding hydrogens is 256 g/mol. The Labute approximate surface area is 129 Å². The molecule has 2 aliphatic carbocycles. The van der Waals surface area contributed by atoms with Crippen LogP contribution in [0, 0.1) is 5.92 Å². The van der Waals surface area contributed by atoms with E-state index in [-0.39, 0.29) is 0 Å². The van der Waals surface area contributed by atoms with Crippen LogP contribution >= 0.6 is 0 Å². The molecule has 1 atom stereocenters. The van der Waals surface area contributed by atoms with Crippen molar-refractivity contribution in [3.8, 4) is 0 Å². The first-order valence-corrected chi connectivity index (χ1v) is 8.95. The first-order valence-electron chi connectivity index (χ1n) is 8.95. The van der Waals surface area contributed by atoms with Crippen molar-refractivity contribution in [1.29, 1.82) is 0 Å². The standard InChI is InChI=1S/C19H30N2/c20-21-19(16-9-4-2-1-3-5-10-16)18-14-7-6-13-17(18)15-11-8-12-15/h6-7,13-16,19,21H,1-5,8-12,20H2. The van der Waals surface area contributed by atoms with Crippen LogP contribution in [0.1, 0.15) is 87.3 Å². The SMILES string of the molecule is NNC(c1ccccc1C1CCC1)C1CCCCCCC1. The molecule has 116 valence electrons. The molecule has 0 spiro atoms. The summed E-state index contributed by atoms with van der Waals surface area (Å²) in [7, 11) is 0. The van der Waals surface area contributed by atoms with E-state index in [2.05, 4.69) is 29.7 Å². The summed E-state index contributed by atoms with van der Waals surface area (Å²) in [6.07, 6.45) is 13.7. The Morgan fingerprint density at radius 2 is 1.52 bits per heavy atom. The second-order valence-electron chi connectivity index (χ2n) is 7.01. The average Bonchev–Trinajstić information content (AvgIpc) is 2.41. The molecule has 0 bridgehead atoms. The van der Waals surface area contributed by atoms with Gasteiger partial charge in [0.25, 0.3) is 0 Å². The minimum atomic E-state index is 0.347. The van der Waals surface area contributed by atoms with E-state index in [1.807, 2.05) is 0 Å². The Morgan fingerprint density at radius 1 is 0.857 bits per heavy atom. The minimum absolute atomic E-state index is 0.347. The van der Waals surface area contributed by atoms with Crippen LogP contribution in [0.5, 0.6) is 0 Å². The van der Waals surface area contributed by atoms with Gasteiger partial charge in [-0.25, -0.2) is 0 Å². The highest BCUT2D eigenvalue weighted by Crippen LogP contribution is 2.42. The van der Waals surface area contributed by atoms with Crippen molar-refractivity contribution in [3.05, 3.63) is 35.4 Å². The molecule has 0 saturated heterocycles. The van der Waals surface area contributed by atoms with Crippen molar-refractivity contribution in [2.24, 2.45) is 11.8 Å². The van der Waals surface area contributed by atoms with Gasteiger partial charge in [-0.2, -0.15) is 0 Å². The van der Waals surface area contributed by atoms with E-state index in [1.54, 1.807) is 5.56 Å². The first-order chi connectivity index (χ1) is 10.4. The molecule has 1 aromatic carbocycles. The molecule has 1 unspecified atom stereocenters. The third-order valence-electron chi connectivity index (χ3n) is 5.68. The minimum Gasteiger partial charge on any atom is -0.271 e. The van der Waals surface area contributed by atoms with Gasteiger partial charge in [-0.1, -0.05) is 62.8 Å². The van der Waals surface area contributed by atoms with Gasteiger partial charge in [0.2, 0.25) is 0 Å². The van der Waals surface area contributed by atoms with Crippen LogP contribution in [0.2, 0.25) is 0 Å². The van der Waals surface area contributed by atoms with E-state index < -0.39 is 0 Å². The molecule has 0 aromatic heterocycles. The fraction of sp³-hybridized carbons (Fsp3) is 0.684. The monoisotopic (exact) mass is 286 g/mol. The van der Waals surface area contributed by atoms with E-state index in [1.165, 1.54) is 69.8 Å². The molecule has 2 aliphatic rings. The molecule has 2 fully saturated rings. The van der Waals surface area contributed by atoms with Crippen molar-refractivity contribution in [1.82, 2.24) is 5.43 Å². The number of hydrogen-bond donors (Lipinski definition) is 2. The normalized spacial score (nSPS) is 23.1. The topological polar surface area (TPSA) is 38.0 Å². The number of nitrogens with two attached hydrogens (primary N) is 1. The van der Waals surface area contributed by atoms with Crippen molar-refractivity contribution in [2.75, 3.05) is 0 Å². The Bertz CT molecular complexity index is 431. The molecule has 0 radical (unpaired) electrons. The number of hydrazine groups is 1. The Kier molecular flexibility index (Phi) is 5.32. The van der Waals surface area contributed by atoms with E-state index in [4.69, 9.17) is 5.84 Å². The molecule has 0 heterocycles. The Balaban J connectivity index is 1.81. The van der Waals surface area contributed by atoms with Crippen LogP contribution in [-0.4, -0.2) is 0 Å². The predicted octanol–water partition coefficient (Wildman–Crippen LogP) is 4.82. The summed E-state index contributed by atoms with van der Waals surface area (Å²) < 4.78 is 0. The lowest BCUT2D eigenvalue weighted by molar-refractivity contribution is 0.286. The van der Waals surface area contributed by atoms with Crippen LogP contribution in [-0.2, 0) is 0 Å². The van der Waals surface area contributed by atoms with Crippen LogP contribution < -0.4 is 11.3 Å². The molecule has 21 heavy (non-hydrogen) atoms. The van der Waals surface area contributed by atoms with Crippen molar-refractivity contribution in [3.63, 3.8) is 0 Å². The van der Waals surface area contributed by atoms with Crippen LogP contribution in [0.3, 0.4) is 0 Å². The summed E-state index contributed by atoms with van der Waals surface area (Å²) in [5, 5.41) is 0. The predicted molar refractivity (Wildman–Crippen MR) is 88.9 cm³/mol. The summed E-state index contributed by atoms with van der Waals surface area (Å²) in [6, 6.07) is 9.39. The molecule has 1 aromatic rings. The first kappa shape index (κ1) is 15.1. The molecule has 3 rings (SSSR count). The maximum Gasteiger partial charge on any atom is 0.0490 e. The van der Waals surface area contributed by atoms with E-state index >= 15 is 0 Å². The lowest BCUT2D eigenvalue weighted by atomic mass is 9.74. The zero-order valence-electron chi connectivity index (χ0n) is 13.2. The summed E-state index contributed by atoms with van der Waals surface area (Å²) in [4.78, 5) is 0. The molecule has 2 saturated carbocycles. The number of rotatable bonds is 4. The molecular formula is C19H30N2. The number of hydrogen-bond acceptors (Lipinski definition) is 2. The fourth-order valence-corrected chi connectivity index (χ4v) is 4.19. The lowest BCUT2D eigenvalue weighted by Crippen LogP contribution is -2.35. The molecule has 2 heteroatoms. The van der Waals surface area contributed by atoms with Crippen molar-refractivity contribution in [2.45, 2.75) is 76.2 Å². The fourth-order valence-electron chi connectivity index (χ4n) is 4.19. The van der Waals surface area contributed by atoms with E-state index in [0.29, 0.717) is 12.0 Å². The third-order valence-corrected chi connectivity index (χ3v) is 5.68. The molecule has 0 aliphatic heterocycles. The van der Waals surface area contributed by atoms with Gasteiger partial charge in [0.15, 0.2) is 0 Å². The smallest absolute Gasteiger partial charge is 0.0490 e. The molecule has 2 nitrogen and oxygen atoms in total. The highest BCUT2D eigenvalue weighted by molar-refractivity contribution is 5.34. The van der Waals surface area contributed by atoms with Crippen LogP contribution in [0.4, 0.5) is 0 Å². The van der Waals surface area contributed by atoms with Crippen LogP contribution in [0.15, 0.2) is 24.3 Å². The summed E-state index contributed by atoms with van der Waals surface area (Å²) in [5.41, 5.74) is 6.23. The zero-order valence-corrected chi connectivity index (χ0v) is 13.2. The van der Waals surface area contributed by atoms with Gasteiger partial charge in [-0.15, -0.1) is 0 Å². The maximum atomic E-state index is 6.00. The van der Waals surface area contributed by atoms with Crippen molar-refractivity contribution < 1.29 is 0 Å². The largest absolute Gasteiger partial charge is 0.271 e. The van der Waals surface area contributed by atoms with Gasteiger partial charge in [0.05, 0.1) is 0 Å². The zero-order chi connectivity index (χ0) is 14.5. The number of benzene rings is 1.